The summed E-state index contributed by atoms with van der Waals surface area (Å²) in [6, 6.07) is 11.0. The van der Waals surface area contributed by atoms with Gasteiger partial charge in [-0.3, -0.25) is 19.9 Å². The van der Waals surface area contributed by atoms with Crippen molar-refractivity contribution in [1.82, 2.24) is 4.98 Å². The number of nitrogens with zero attached hydrogens (tertiary/aromatic N) is 2. The van der Waals surface area contributed by atoms with Gasteiger partial charge in [-0.1, -0.05) is 18.2 Å². The van der Waals surface area contributed by atoms with Crippen LogP contribution in [-0.4, -0.2) is 23.0 Å². The maximum atomic E-state index is 11.9. The molecule has 0 spiro atoms. The molecular weight excluding hydrogens is 260 g/mol. The van der Waals surface area contributed by atoms with Gasteiger partial charge in [0.2, 0.25) is 0 Å². The molecule has 0 aliphatic rings. The third kappa shape index (κ3) is 2.80. The van der Waals surface area contributed by atoms with Gasteiger partial charge in [-0.15, -0.1) is 0 Å². The molecule has 2 aromatic rings. The molecule has 20 heavy (non-hydrogen) atoms. The van der Waals surface area contributed by atoms with Crippen molar-refractivity contribution in [3.8, 4) is 0 Å². The van der Waals surface area contributed by atoms with Crippen molar-refractivity contribution < 1.29 is 14.5 Å². The van der Waals surface area contributed by atoms with Gasteiger partial charge < -0.3 is 4.74 Å². The summed E-state index contributed by atoms with van der Waals surface area (Å²) in [7, 11) is 1.30. The van der Waals surface area contributed by atoms with E-state index in [1.165, 1.54) is 31.4 Å². The van der Waals surface area contributed by atoms with Crippen LogP contribution in [-0.2, 0) is 9.53 Å². The van der Waals surface area contributed by atoms with Crippen LogP contribution in [0.2, 0.25) is 0 Å². The van der Waals surface area contributed by atoms with E-state index in [-0.39, 0.29) is 5.69 Å². The molecule has 0 radical (unpaired) electrons. The van der Waals surface area contributed by atoms with Gasteiger partial charge in [-0.25, -0.2) is 0 Å². The maximum Gasteiger partial charge on any atom is 0.319 e. The minimum absolute atomic E-state index is 0.0293. The Hall–Kier alpha value is -2.76. The number of carbonyl (C=O) groups excluding carboxylic acids is 1. The van der Waals surface area contributed by atoms with E-state index in [1.807, 2.05) is 0 Å². The van der Waals surface area contributed by atoms with E-state index in [0.717, 1.165) is 0 Å². The Bertz CT molecular complexity index is 611. The van der Waals surface area contributed by atoms with Crippen molar-refractivity contribution >= 4 is 11.7 Å². The SMILES string of the molecule is COC(=O)[C@@H](c1ccc([N+](=O)[O-])cc1)c1ccccn1. The number of esters is 1. The Balaban J connectivity index is 2.42. The summed E-state index contributed by atoms with van der Waals surface area (Å²) in [6.07, 6.45) is 1.58. The summed E-state index contributed by atoms with van der Waals surface area (Å²) in [6.45, 7) is 0. The monoisotopic (exact) mass is 272 g/mol. The van der Waals surface area contributed by atoms with Gasteiger partial charge in [-0.05, 0) is 17.7 Å². The highest BCUT2D eigenvalue weighted by Crippen LogP contribution is 2.26. The fraction of sp³-hybridized carbons (Fsp3) is 0.143. The molecule has 6 heteroatoms. The number of nitro groups is 1. The summed E-state index contributed by atoms with van der Waals surface area (Å²) >= 11 is 0. The van der Waals surface area contributed by atoms with Crippen LogP contribution in [0.15, 0.2) is 48.7 Å². The first-order valence-electron chi connectivity index (χ1n) is 5.86. The van der Waals surface area contributed by atoms with Crippen molar-refractivity contribution in [2.45, 2.75) is 5.92 Å². The van der Waals surface area contributed by atoms with Gasteiger partial charge in [-0.2, -0.15) is 0 Å². The van der Waals surface area contributed by atoms with Crippen LogP contribution in [0.25, 0.3) is 0 Å². The molecular formula is C14H12N2O4. The van der Waals surface area contributed by atoms with Crippen LogP contribution in [0.4, 0.5) is 5.69 Å². The Kier molecular flexibility index (Phi) is 4.05. The van der Waals surface area contributed by atoms with Crippen LogP contribution in [0.5, 0.6) is 0 Å². The molecule has 0 saturated carbocycles. The predicted octanol–water partition coefficient (Wildman–Crippen LogP) is 2.29. The highest BCUT2D eigenvalue weighted by atomic mass is 16.6. The van der Waals surface area contributed by atoms with Crippen molar-refractivity contribution in [3.63, 3.8) is 0 Å². The third-order valence-corrected chi connectivity index (χ3v) is 2.86. The Morgan fingerprint density at radius 1 is 1.25 bits per heavy atom. The second-order valence-corrected chi connectivity index (χ2v) is 4.06. The van der Waals surface area contributed by atoms with E-state index in [2.05, 4.69) is 4.98 Å². The number of methoxy groups -OCH3 is 1. The molecule has 0 amide bonds. The molecule has 1 heterocycles. The smallest absolute Gasteiger partial charge is 0.319 e. The quantitative estimate of drug-likeness (QED) is 0.484. The van der Waals surface area contributed by atoms with Gasteiger partial charge in [0, 0.05) is 18.3 Å². The zero-order chi connectivity index (χ0) is 14.5. The van der Waals surface area contributed by atoms with Crippen LogP contribution in [0.3, 0.4) is 0 Å². The van der Waals surface area contributed by atoms with Crippen molar-refractivity contribution in [3.05, 3.63) is 70.0 Å². The lowest BCUT2D eigenvalue weighted by molar-refractivity contribution is -0.384. The summed E-state index contributed by atoms with van der Waals surface area (Å²) in [5.74, 6) is -1.15. The Morgan fingerprint density at radius 2 is 1.95 bits per heavy atom. The second-order valence-electron chi connectivity index (χ2n) is 4.06. The lowest BCUT2D eigenvalue weighted by Crippen LogP contribution is -2.16. The lowest BCUT2D eigenvalue weighted by Gasteiger charge is -2.14. The van der Waals surface area contributed by atoms with Crippen molar-refractivity contribution in [2.75, 3.05) is 7.11 Å². The molecule has 102 valence electrons. The minimum Gasteiger partial charge on any atom is -0.468 e. The largest absolute Gasteiger partial charge is 0.468 e. The summed E-state index contributed by atoms with van der Waals surface area (Å²) in [4.78, 5) is 26.2. The van der Waals surface area contributed by atoms with Gasteiger partial charge >= 0.3 is 5.97 Å². The third-order valence-electron chi connectivity index (χ3n) is 2.86. The van der Waals surface area contributed by atoms with Crippen LogP contribution in [0, 0.1) is 10.1 Å². The molecule has 0 saturated heterocycles. The molecule has 0 bridgehead atoms. The number of hydrogen-bond acceptors (Lipinski definition) is 5. The summed E-state index contributed by atoms with van der Waals surface area (Å²) in [5, 5.41) is 10.6. The fourth-order valence-corrected chi connectivity index (χ4v) is 1.88. The summed E-state index contributed by atoms with van der Waals surface area (Å²) < 4.78 is 4.79. The first-order valence-corrected chi connectivity index (χ1v) is 5.86. The molecule has 6 nitrogen and oxygen atoms in total. The minimum atomic E-state index is -0.693. The summed E-state index contributed by atoms with van der Waals surface area (Å²) in [5.41, 5.74) is 1.10. The number of carbonyl (C=O) groups is 1. The molecule has 0 fully saturated rings. The number of hydrogen-bond donors (Lipinski definition) is 0. The van der Waals surface area contributed by atoms with Gasteiger partial charge in [0.05, 0.1) is 17.7 Å². The topological polar surface area (TPSA) is 82.3 Å². The molecule has 1 aromatic carbocycles. The average molecular weight is 272 g/mol. The molecule has 1 aromatic heterocycles. The molecule has 2 rings (SSSR count). The van der Waals surface area contributed by atoms with Crippen molar-refractivity contribution in [2.24, 2.45) is 0 Å². The van der Waals surface area contributed by atoms with Crippen LogP contribution >= 0.6 is 0 Å². The van der Waals surface area contributed by atoms with Gasteiger partial charge in [0.1, 0.15) is 5.92 Å². The molecule has 1 atom stereocenters. The maximum absolute atomic E-state index is 11.9. The number of non-ortho nitro benzene ring substituents is 1. The average Bonchev–Trinajstić information content (AvgIpc) is 2.49. The molecule has 0 aliphatic heterocycles. The zero-order valence-corrected chi connectivity index (χ0v) is 10.7. The number of ether oxygens (including phenoxy) is 1. The first kappa shape index (κ1) is 13.7. The van der Waals surface area contributed by atoms with E-state index >= 15 is 0 Å². The van der Waals surface area contributed by atoms with Crippen LogP contribution < -0.4 is 0 Å². The van der Waals surface area contributed by atoms with E-state index in [1.54, 1.807) is 24.4 Å². The van der Waals surface area contributed by atoms with E-state index < -0.39 is 16.8 Å². The molecule has 0 aliphatic carbocycles. The first-order chi connectivity index (χ1) is 9.63. The highest BCUT2D eigenvalue weighted by Gasteiger charge is 2.25. The Morgan fingerprint density at radius 3 is 2.45 bits per heavy atom. The lowest BCUT2D eigenvalue weighted by atomic mass is 9.95. The number of benzene rings is 1. The van der Waals surface area contributed by atoms with E-state index in [4.69, 9.17) is 4.74 Å². The van der Waals surface area contributed by atoms with E-state index in [0.29, 0.717) is 11.3 Å². The normalized spacial score (nSPS) is 11.7. The van der Waals surface area contributed by atoms with Crippen LogP contribution in [0.1, 0.15) is 17.2 Å². The number of rotatable bonds is 4. The molecule has 0 unspecified atom stereocenters. The number of pyridine rings is 1. The van der Waals surface area contributed by atoms with Crippen molar-refractivity contribution in [1.29, 1.82) is 0 Å². The van der Waals surface area contributed by atoms with E-state index in [9.17, 15) is 14.9 Å². The second kappa shape index (κ2) is 5.92. The zero-order valence-electron chi connectivity index (χ0n) is 10.7. The number of nitro benzene ring substituents is 1. The number of aromatic nitrogens is 1. The fourth-order valence-electron chi connectivity index (χ4n) is 1.88. The molecule has 0 N–H and O–H groups in total. The standard InChI is InChI=1S/C14H12N2O4/c1-20-14(17)13(12-4-2-3-9-15-12)10-5-7-11(8-6-10)16(18)19/h2-9,13H,1H3/t13-/m0/s1. The van der Waals surface area contributed by atoms with Gasteiger partial charge in [0.15, 0.2) is 0 Å². The van der Waals surface area contributed by atoms with Gasteiger partial charge in [0.25, 0.3) is 5.69 Å². The Labute approximate surface area is 115 Å². The highest BCUT2D eigenvalue weighted by molar-refractivity contribution is 5.81. The predicted molar refractivity (Wildman–Crippen MR) is 71.2 cm³/mol.